The summed E-state index contributed by atoms with van der Waals surface area (Å²) in [5.74, 6) is -0.195. The van der Waals surface area contributed by atoms with Gasteiger partial charge in [-0.05, 0) is 30.5 Å². The summed E-state index contributed by atoms with van der Waals surface area (Å²) in [6, 6.07) is 14.2. The Labute approximate surface area is 134 Å². The van der Waals surface area contributed by atoms with Gasteiger partial charge in [-0.15, -0.1) is 0 Å². The van der Waals surface area contributed by atoms with Crippen LogP contribution in [0.1, 0.15) is 22.3 Å². The zero-order valence-electron chi connectivity index (χ0n) is 12.8. The number of rotatable bonds is 7. The molecule has 0 bridgehead atoms. The highest BCUT2D eigenvalue weighted by Gasteiger charge is 2.17. The molecule has 2 aromatic rings. The van der Waals surface area contributed by atoms with Gasteiger partial charge in [-0.25, -0.2) is 0 Å². The van der Waals surface area contributed by atoms with Crippen molar-refractivity contribution in [2.75, 3.05) is 13.7 Å². The van der Waals surface area contributed by atoms with Crippen molar-refractivity contribution in [1.29, 1.82) is 0 Å². The van der Waals surface area contributed by atoms with Crippen LogP contribution in [0.5, 0.6) is 5.75 Å². The van der Waals surface area contributed by atoms with E-state index < -0.39 is 4.92 Å². The second-order valence-electron chi connectivity index (χ2n) is 4.99. The molecule has 23 heavy (non-hydrogen) atoms. The molecule has 0 saturated heterocycles. The van der Waals surface area contributed by atoms with E-state index in [1.807, 2.05) is 30.3 Å². The highest BCUT2D eigenvalue weighted by atomic mass is 16.6. The van der Waals surface area contributed by atoms with Gasteiger partial charge >= 0.3 is 5.69 Å². The molecule has 0 spiro atoms. The number of nitrogens with one attached hydrogen (secondary N) is 1. The molecule has 1 amide bonds. The smallest absolute Gasteiger partial charge is 0.311 e. The minimum atomic E-state index is -0.564. The molecule has 2 rings (SSSR count). The Morgan fingerprint density at radius 2 is 1.96 bits per heavy atom. The third-order valence-corrected chi connectivity index (χ3v) is 3.41. The molecule has 0 unspecified atom stereocenters. The molecule has 0 aliphatic carbocycles. The normalized spacial score (nSPS) is 10.1. The molecule has 0 heterocycles. The van der Waals surface area contributed by atoms with Crippen LogP contribution in [0.3, 0.4) is 0 Å². The Bertz CT molecular complexity index is 686. The van der Waals surface area contributed by atoms with Gasteiger partial charge < -0.3 is 10.1 Å². The second-order valence-corrected chi connectivity index (χ2v) is 4.99. The van der Waals surface area contributed by atoms with Gasteiger partial charge in [0.1, 0.15) is 0 Å². The number of nitrogens with zero attached hydrogens (tertiary/aromatic N) is 1. The van der Waals surface area contributed by atoms with Crippen molar-refractivity contribution in [2.24, 2.45) is 0 Å². The number of ether oxygens (including phenoxy) is 1. The predicted octanol–water partition coefficient (Wildman–Crippen LogP) is 2.97. The van der Waals surface area contributed by atoms with Crippen molar-refractivity contribution in [3.63, 3.8) is 0 Å². The molecule has 6 heteroatoms. The lowest BCUT2D eigenvalue weighted by Gasteiger charge is -2.07. The van der Waals surface area contributed by atoms with Gasteiger partial charge in [-0.3, -0.25) is 14.9 Å². The average molecular weight is 314 g/mol. The number of methoxy groups -OCH3 is 1. The molecule has 0 aliphatic heterocycles. The first kappa shape index (κ1) is 16.5. The van der Waals surface area contributed by atoms with Crippen molar-refractivity contribution < 1.29 is 14.5 Å². The van der Waals surface area contributed by atoms with Crippen molar-refractivity contribution in [3.05, 3.63) is 69.8 Å². The van der Waals surface area contributed by atoms with E-state index in [2.05, 4.69) is 5.32 Å². The first-order valence-electron chi connectivity index (χ1n) is 7.26. The maximum Gasteiger partial charge on any atom is 0.311 e. The lowest BCUT2D eigenvalue weighted by molar-refractivity contribution is -0.385. The minimum Gasteiger partial charge on any atom is -0.490 e. The Hall–Kier alpha value is -2.89. The van der Waals surface area contributed by atoms with E-state index in [0.717, 1.165) is 12.8 Å². The molecule has 120 valence electrons. The van der Waals surface area contributed by atoms with Crippen LogP contribution >= 0.6 is 0 Å². The molecule has 2 aromatic carbocycles. The number of hydrogen-bond acceptors (Lipinski definition) is 4. The molecule has 0 atom stereocenters. The zero-order chi connectivity index (χ0) is 16.7. The number of nitro benzene ring substituents is 1. The van der Waals surface area contributed by atoms with E-state index in [9.17, 15) is 14.9 Å². The summed E-state index contributed by atoms with van der Waals surface area (Å²) in [6.07, 6.45) is 1.66. The third-order valence-electron chi connectivity index (χ3n) is 3.41. The van der Waals surface area contributed by atoms with E-state index in [-0.39, 0.29) is 22.9 Å². The van der Waals surface area contributed by atoms with Gasteiger partial charge in [0.05, 0.1) is 12.0 Å². The fourth-order valence-corrected chi connectivity index (χ4v) is 2.22. The molecule has 0 saturated carbocycles. The van der Waals surface area contributed by atoms with Crippen molar-refractivity contribution in [3.8, 4) is 5.75 Å². The summed E-state index contributed by atoms with van der Waals surface area (Å²) in [6.45, 7) is 0.507. The lowest BCUT2D eigenvalue weighted by Crippen LogP contribution is -2.24. The van der Waals surface area contributed by atoms with Crippen LogP contribution in [0.4, 0.5) is 5.69 Å². The number of carbonyl (C=O) groups is 1. The Morgan fingerprint density at radius 3 is 2.61 bits per heavy atom. The van der Waals surface area contributed by atoms with E-state index in [1.165, 1.54) is 30.9 Å². The van der Waals surface area contributed by atoms with Crippen LogP contribution in [0, 0.1) is 10.1 Å². The summed E-state index contributed by atoms with van der Waals surface area (Å²) >= 11 is 0. The van der Waals surface area contributed by atoms with Crippen LogP contribution in [0.2, 0.25) is 0 Å². The van der Waals surface area contributed by atoms with Gasteiger partial charge in [-0.2, -0.15) is 0 Å². The zero-order valence-corrected chi connectivity index (χ0v) is 12.8. The molecule has 0 aliphatic rings. The van der Waals surface area contributed by atoms with E-state index in [4.69, 9.17) is 4.74 Å². The van der Waals surface area contributed by atoms with Crippen LogP contribution in [-0.4, -0.2) is 24.5 Å². The quantitative estimate of drug-likeness (QED) is 0.484. The monoisotopic (exact) mass is 314 g/mol. The molecule has 0 aromatic heterocycles. The van der Waals surface area contributed by atoms with Crippen LogP contribution < -0.4 is 10.1 Å². The summed E-state index contributed by atoms with van der Waals surface area (Å²) in [7, 11) is 1.35. The largest absolute Gasteiger partial charge is 0.490 e. The second kappa shape index (κ2) is 7.93. The van der Waals surface area contributed by atoms with Crippen molar-refractivity contribution >= 4 is 11.6 Å². The van der Waals surface area contributed by atoms with Gasteiger partial charge in [0.25, 0.3) is 5.91 Å². The highest BCUT2D eigenvalue weighted by Crippen LogP contribution is 2.27. The fourth-order valence-electron chi connectivity index (χ4n) is 2.22. The maximum atomic E-state index is 12.1. The Morgan fingerprint density at radius 1 is 1.22 bits per heavy atom. The van der Waals surface area contributed by atoms with Crippen molar-refractivity contribution in [2.45, 2.75) is 12.8 Å². The number of aryl methyl sites for hydroxylation is 1. The Balaban J connectivity index is 1.90. The Kier molecular flexibility index (Phi) is 5.68. The number of hydrogen-bond donors (Lipinski definition) is 1. The van der Waals surface area contributed by atoms with Crippen molar-refractivity contribution in [1.82, 2.24) is 5.32 Å². The SMILES string of the molecule is COc1ccc(C(=O)NCCCc2ccccc2)cc1[N+](=O)[O-]. The van der Waals surface area contributed by atoms with E-state index >= 15 is 0 Å². The van der Waals surface area contributed by atoms with Gasteiger partial charge in [0, 0.05) is 18.2 Å². The van der Waals surface area contributed by atoms with Gasteiger partial charge in [-0.1, -0.05) is 30.3 Å². The minimum absolute atomic E-state index is 0.135. The molecular formula is C17H18N2O4. The van der Waals surface area contributed by atoms with Crippen LogP contribution in [0.15, 0.2) is 48.5 Å². The number of carbonyl (C=O) groups excluding carboxylic acids is 1. The lowest BCUT2D eigenvalue weighted by atomic mass is 10.1. The number of nitro groups is 1. The molecular weight excluding hydrogens is 296 g/mol. The van der Waals surface area contributed by atoms with Crippen LogP contribution in [-0.2, 0) is 6.42 Å². The first-order valence-corrected chi connectivity index (χ1v) is 7.26. The summed E-state index contributed by atoms with van der Waals surface area (Å²) in [4.78, 5) is 22.5. The van der Waals surface area contributed by atoms with Gasteiger partial charge in [0.2, 0.25) is 0 Å². The first-order chi connectivity index (χ1) is 11.1. The fraction of sp³-hybridized carbons (Fsp3) is 0.235. The standard InChI is InChI=1S/C17H18N2O4/c1-23-16-10-9-14(12-15(16)19(21)22)17(20)18-11-5-8-13-6-3-2-4-7-13/h2-4,6-7,9-10,12H,5,8,11H2,1H3,(H,18,20). The number of amides is 1. The summed E-state index contributed by atoms with van der Waals surface area (Å²) in [5.41, 5.74) is 1.24. The number of benzene rings is 2. The summed E-state index contributed by atoms with van der Waals surface area (Å²) < 4.78 is 4.92. The molecule has 0 radical (unpaired) electrons. The van der Waals surface area contributed by atoms with E-state index in [1.54, 1.807) is 0 Å². The molecule has 1 N–H and O–H groups in total. The molecule has 6 nitrogen and oxygen atoms in total. The predicted molar refractivity (Wildman–Crippen MR) is 86.7 cm³/mol. The maximum absolute atomic E-state index is 12.1. The molecule has 0 fully saturated rings. The summed E-state index contributed by atoms with van der Waals surface area (Å²) in [5, 5.41) is 13.7. The van der Waals surface area contributed by atoms with Gasteiger partial charge in [0.15, 0.2) is 5.75 Å². The average Bonchev–Trinajstić information content (AvgIpc) is 2.58. The topological polar surface area (TPSA) is 81.5 Å². The highest BCUT2D eigenvalue weighted by molar-refractivity contribution is 5.95. The van der Waals surface area contributed by atoms with Crippen LogP contribution in [0.25, 0.3) is 0 Å². The van der Waals surface area contributed by atoms with E-state index in [0.29, 0.717) is 6.54 Å². The third kappa shape index (κ3) is 4.54.